The Hall–Kier alpha value is -4.21. The van der Waals surface area contributed by atoms with E-state index in [0.29, 0.717) is 35.6 Å². The topological polar surface area (TPSA) is 95.6 Å². The van der Waals surface area contributed by atoms with Crippen LogP contribution in [0, 0.1) is 0 Å². The molecular formula is C37H43N3O5Si. The number of alkyl carbamates (subject to hydrolysis) is 1. The van der Waals surface area contributed by atoms with E-state index < -0.39 is 25.3 Å². The van der Waals surface area contributed by atoms with Crippen LogP contribution in [0.15, 0.2) is 82.3 Å². The molecule has 1 N–H and O–H groups in total. The van der Waals surface area contributed by atoms with Gasteiger partial charge in [-0.3, -0.25) is 4.79 Å². The zero-order valence-corrected chi connectivity index (χ0v) is 28.6. The van der Waals surface area contributed by atoms with Gasteiger partial charge in [-0.1, -0.05) is 74.2 Å². The molecule has 5 aromatic rings. The van der Waals surface area contributed by atoms with Crippen LogP contribution in [0.5, 0.6) is 0 Å². The lowest BCUT2D eigenvalue weighted by molar-refractivity contribution is 0.0377. The molecule has 1 aliphatic rings. The number of hydrogen-bond acceptors (Lipinski definition) is 6. The van der Waals surface area contributed by atoms with E-state index in [1.165, 1.54) is 0 Å². The summed E-state index contributed by atoms with van der Waals surface area (Å²) in [4.78, 5) is 31.7. The second kappa shape index (κ2) is 12.2. The van der Waals surface area contributed by atoms with Gasteiger partial charge in [0.15, 0.2) is 5.58 Å². The highest BCUT2D eigenvalue weighted by Crippen LogP contribution is 2.43. The summed E-state index contributed by atoms with van der Waals surface area (Å²) in [5.41, 5.74) is 3.80. The molecule has 1 aliphatic carbocycles. The highest BCUT2D eigenvalue weighted by molar-refractivity contribution is 6.76. The molecule has 8 nitrogen and oxygen atoms in total. The second-order valence-corrected chi connectivity index (χ2v) is 20.1. The minimum absolute atomic E-state index is 0.118. The summed E-state index contributed by atoms with van der Waals surface area (Å²) in [7, 11) is -1.23. The van der Waals surface area contributed by atoms with E-state index in [2.05, 4.69) is 29.9 Å². The second-order valence-electron chi connectivity index (χ2n) is 14.5. The first-order valence-corrected chi connectivity index (χ1v) is 19.7. The van der Waals surface area contributed by atoms with Crippen LogP contribution in [-0.2, 0) is 21.7 Å². The molecule has 0 unspecified atom stereocenters. The highest BCUT2D eigenvalue weighted by atomic mass is 28.3. The van der Waals surface area contributed by atoms with Crippen molar-refractivity contribution in [1.29, 1.82) is 0 Å². The first kappa shape index (κ1) is 31.8. The number of ether oxygens (including phenoxy) is 2. The fourth-order valence-electron chi connectivity index (χ4n) is 5.97. The Bertz CT molecular complexity index is 1930. The molecular weight excluding hydrogens is 595 g/mol. The Labute approximate surface area is 270 Å². The lowest BCUT2D eigenvalue weighted by Crippen LogP contribution is -2.52. The molecule has 1 fully saturated rings. The molecule has 2 heterocycles. The van der Waals surface area contributed by atoms with Gasteiger partial charge in [0.1, 0.15) is 23.6 Å². The third kappa shape index (κ3) is 6.52. The average Bonchev–Trinajstić information content (AvgIpc) is 3.40. The van der Waals surface area contributed by atoms with Crippen LogP contribution in [-0.4, -0.2) is 35.9 Å². The monoisotopic (exact) mass is 637 g/mol. The molecule has 46 heavy (non-hydrogen) atoms. The fraction of sp³-hybridized carbons (Fsp3) is 0.378. The Kier molecular flexibility index (Phi) is 8.41. The van der Waals surface area contributed by atoms with Crippen LogP contribution in [0.4, 0.5) is 4.79 Å². The maximum Gasteiger partial charge on any atom is 0.408 e. The quantitative estimate of drug-likeness (QED) is 0.128. The standard InChI is InChI=1S/C37H43N3O5Si/c1-36(2,3)45-35(42)39-37(19-10-20-37)27-15-13-25(14-16-27)30-32(41)28-17-18-29-31(34(28)44-33(30)26-11-8-7-9-12-26)40(23-38-29)24-43-21-22-46(4,5)6/h7-9,11-18,23H,10,19-22,24H2,1-6H3,(H,39,42). The lowest BCUT2D eigenvalue weighted by Gasteiger charge is -2.43. The van der Waals surface area contributed by atoms with E-state index in [4.69, 9.17) is 13.9 Å². The minimum atomic E-state index is -1.23. The Morgan fingerprint density at radius 2 is 1.72 bits per heavy atom. The summed E-state index contributed by atoms with van der Waals surface area (Å²) in [6.07, 6.45) is 3.98. The highest BCUT2D eigenvalue weighted by Gasteiger charge is 2.41. The van der Waals surface area contributed by atoms with Gasteiger partial charge in [-0.2, -0.15) is 0 Å². The number of benzene rings is 3. The van der Waals surface area contributed by atoms with Crippen molar-refractivity contribution < 1.29 is 18.7 Å². The molecule has 0 saturated heterocycles. The van der Waals surface area contributed by atoms with Gasteiger partial charge in [0.05, 0.1) is 28.3 Å². The first-order chi connectivity index (χ1) is 21.8. The van der Waals surface area contributed by atoms with Gasteiger partial charge in [0.2, 0.25) is 5.43 Å². The summed E-state index contributed by atoms with van der Waals surface area (Å²) in [6.45, 7) is 13.6. The Morgan fingerprint density at radius 3 is 2.35 bits per heavy atom. The molecule has 3 aromatic carbocycles. The predicted octanol–water partition coefficient (Wildman–Crippen LogP) is 8.69. The van der Waals surface area contributed by atoms with Crippen LogP contribution in [0.1, 0.15) is 45.6 Å². The van der Waals surface area contributed by atoms with Crippen molar-refractivity contribution in [1.82, 2.24) is 14.9 Å². The molecule has 9 heteroatoms. The number of imidazole rings is 1. The largest absolute Gasteiger partial charge is 0.453 e. The maximum absolute atomic E-state index is 14.4. The van der Waals surface area contributed by atoms with Crippen molar-refractivity contribution in [3.8, 4) is 22.5 Å². The number of nitrogens with one attached hydrogen (secondary N) is 1. The van der Waals surface area contributed by atoms with Crippen LogP contribution < -0.4 is 10.7 Å². The molecule has 6 rings (SSSR count). The summed E-state index contributed by atoms with van der Waals surface area (Å²) >= 11 is 0. The van der Waals surface area contributed by atoms with E-state index >= 15 is 0 Å². The van der Waals surface area contributed by atoms with Crippen LogP contribution in [0.3, 0.4) is 0 Å². The summed E-state index contributed by atoms with van der Waals surface area (Å²) in [5, 5.41) is 3.61. The van der Waals surface area contributed by atoms with Gasteiger partial charge >= 0.3 is 6.09 Å². The van der Waals surface area contributed by atoms with Crippen LogP contribution in [0.2, 0.25) is 25.7 Å². The molecule has 240 valence electrons. The van der Waals surface area contributed by atoms with Crippen molar-refractivity contribution in [2.75, 3.05) is 6.61 Å². The van der Waals surface area contributed by atoms with E-state index in [0.717, 1.165) is 53.0 Å². The molecule has 1 saturated carbocycles. The van der Waals surface area contributed by atoms with E-state index in [1.807, 2.05) is 86.0 Å². The van der Waals surface area contributed by atoms with E-state index in [-0.39, 0.29) is 5.43 Å². The molecule has 0 atom stereocenters. The lowest BCUT2D eigenvalue weighted by atomic mass is 9.71. The van der Waals surface area contributed by atoms with Gasteiger partial charge in [-0.15, -0.1) is 0 Å². The average molecular weight is 638 g/mol. The van der Waals surface area contributed by atoms with Gasteiger partial charge in [-0.25, -0.2) is 9.78 Å². The first-order valence-electron chi connectivity index (χ1n) is 16.0. The molecule has 0 aliphatic heterocycles. The zero-order valence-electron chi connectivity index (χ0n) is 27.6. The smallest absolute Gasteiger partial charge is 0.408 e. The molecule has 1 amide bonds. The van der Waals surface area contributed by atoms with Crippen molar-refractivity contribution >= 4 is 36.2 Å². The van der Waals surface area contributed by atoms with Gasteiger partial charge in [0.25, 0.3) is 0 Å². The molecule has 2 aromatic heterocycles. The van der Waals surface area contributed by atoms with E-state index in [1.54, 1.807) is 12.4 Å². The summed E-state index contributed by atoms with van der Waals surface area (Å²) in [5.74, 6) is 0.496. The predicted molar refractivity (Wildman–Crippen MR) is 186 cm³/mol. The van der Waals surface area contributed by atoms with E-state index in [9.17, 15) is 9.59 Å². The van der Waals surface area contributed by atoms with Crippen molar-refractivity contribution in [3.63, 3.8) is 0 Å². The van der Waals surface area contributed by atoms with Crippen molar-refractivity contribution in [2.45, 2.75) is 83.6 Å². The number of amides is 1. The number of aromatic nitrogens is 2. The minimum Gasteiger partial charge on any atom is -0.453 e. The van der Waals surface area contributed by atoms with Crippen molar-refractivity contribution in [2.24, 2.45) is 0 Å². The number of rotatable bonds is 9. The molecule has 0 bridgehead atoms. The Morgan fingerprint density at radius 1 is 1.00 bits per heavy atom. The van der Waals surface area contributed by atoms with Crippen LogP contribution >= 0.6 is 0 Å². The maximum atomic E-state index is 14.4. The fourth-order valence-corrected chi connectivity index (χ4v) is 6.73. The zero-order chi connectivity index (χ0) is 32.7. The summed E-state index contributed by atoms with van der Waals surface area (Å²) in [6, 6.07) is 22.3. The van der Waals surface area contributed by atoms with Crippen LogP contribution in [0.25, 0.3) is 44.5 Å². The normalized spacial score (nSPS) is 14.7. The number of fused-ring (bicyclic) bond motifs is 3. The van der Waals surface area contributed by atoms with Gasteiger partial charge in [-0.05, 0) is 69.3 Å². The number of carbonyl (C=O) groups excluding carboxylic acids is 1. The number of nitrogens with zero attached hydrogens (tertiary/aromatic N) is 2. The molecule has 0 spiro atoms. The third-order valence-corrected chi connectivity index (χ3v) is 10.3. The SMILES string of the molecule is CC(C)(C)OC(=O)NC1(c2ccc(-c3c(-c4ccccc4)oc4c(ccc5ncn(COCC[Si](C)(C)C)c54)c3=O)cc2)CCC1. The number of carbonyl (C=O) groups is 1. The van der Waals surface area contributed by atoms with Gasteiger partial charge in [0, 0.05) is 20.2 Å². The molecule has 0 radical (unpaired) electrons. The van der Waals surface area contributed by atoms with Crippen molar-refractivity contribution in [3.05, 3.63) is 88.8 Å². The van der Waals surface area contributed by atoms with Gasteiger partial charge < -0.3 is 23.8 Å². The summed E-state index contributed by atoms with van der Waals surface area (Å²) < 4.78 is 20.3. The Balaban J connectivity index is 1.41. The number of hydrogen-bond donors (Lipinski definition) is 1. The third-order valence-electron chi connectivity index (χ3n) is 8.57.